The minimum Gasteiger partial charge on any atom is -0.386 e. The molecule has 1 heterocycles. The van der Waals surface area contributed by atoms with Crippen molar-refractivity contribution in [3.8, 4) is 0 Å². The van der Waals surface area contributed by atoms with Gasteiger partial charge in [0.05, 0.1) is 12.5 Å². The van der Waals surface area contributed by atoms with Gasteiger partial charge in [-0.15, -0.1) is 0 Å². The lowest BCUT2D eigenvalue weighted by molar-refractivity contribution is -0.120. The molecule has 0 saturated carbocycles. The van der Waals surface area contributed by atoms with Crippen LogP contribution in [0.5, 0.6) is 0 Å². The van der Waals surface area contributed by atoms with Gasteiger partial charge in [-0.05, 0) is 30.2 Å². The van der Waals surface area contributed by atoms with Crippen LogP contribution in [0.2, 0.25) is 0 Å². The predicted molar refractivity (Wildman–Crippen MR) is 91.1 cm³/mol. The van der Waals surface area contributed by atoms with Crippen molar-refractivity contribution in [1.82, 2.24) is 10.3 Å². The third-order valence-corrected chi connectivity index (χ3v) is 4.03. The second kappa shape index (κ2) is 6.84. The number of carbonyl (C=O) groups excluding carboxylic acids is 1. The van der Waals surface area contributed by atoms with Crippen LogP contribution in [-0.2, 0) is 11.2 Å². The minimum atomic E-state index is -1.07. The molecule has 0 fully saturated rings. The van der Waals surface area contributed by atoms with E-state index < -0.39 is 11.9 Å². The fourth-order valence-corrected chi connectivity index (χ4v) is 2.75. The van der Waals surface area contributed by atoms with Crippen LogP contribution in [0, 0.1) is 12.7 Å². The van der Waals surface area contributed by atoms with Crippen molar-refractivity contribution in [3.05, 3.63) is 71.2 Å². The van der Waals surface area contributed by atoms with Crippen LogP contribution in [0.25, 0.3) is 10.9 Å². The maximum absolute atomic E-state index is 13.6. The van der Waals surface area contributed by atoms with Gasteiger partial charge in [-0.2, -0.15) is 0 Å². The Bertz CT molecular complexity index is 873. The first-order valence-corrected chi connectivity index (χ1v) is 7.80. The normalized spacial score (nSPS) is 12.3. The highest BCUT2D eigenvalue weighted by atomic mass is 19.1. The van der Waals surface area contributed by atoms with Crippen LogP contribution in [0.3, 0.4) is 0 Å². The molecule has 0 spiro atoms. The summed E-state index contributed by atoms with van der Waals surface area (Å²) in [5.74, 6) is -0.696. The first-order chi connectivity index (χ1) is 11.5. The quantitative estimate of drug-likeness (QED) is 0.675. The lowest BCUT2D eigenvalue weighted by Gasteiger charge is -2.13. The second-order valence-corrected chi connectivity index (χ2v) is 5.88. The summed E-state index contributed by atoms with van der Waals surface area (Å²) in [5.41, 5.74) is 3.21. The number of amides is 1. The molecule has 4 nitrogen and oxygen atoms in total. The smallest absolute Gasteiger partial charge is 0.224 e. The molecule has 3 N–H and O–H groups in total. The molecule has 3 rings (SSSR count). The van der Waals surface area contributed by atoms with Crippen LogP contribution in [0.4, 0.5) is 4.39 Å². The van der Waals surface area contributed by atoms with E-state index in [2.05, 4.69) is 10.3 Å². The Balaban J connectivity index is 1.62. The molecule has 0 aliphatic heterocycles. The number of aliphatic hydroxyl groups excluding tert-OH is 1. The molecule has 2 aromatic carbocycles. The van der Waals surface area contributed by atoms with Gasteiger partial charge in [-0.25, -0.2) is 4.39 Å². The summed E-state index contributed by atoms with van der Waals surface area (Å²) in [6, 6.07) is 12.0. The van der Waals surface area contributed by atoms with Gasteiger partial charge in [0.2, 0.25) is 5.91 Å². The Morgan fingerprint density at radius 3 is 2.88 bits per heavy atom. The van der Waals surface area contributed by atoms with Crippen molar-refractivity contribution >= 4 is 16.8 Å². The average molecular weight is 326 g/mol. The molecule has 1 amide bonds. The van der Waals surface area contributed by atoms with Gasteiger partial charge >= 0.3 is 0 Å². The summed E-state index contributed by atoms with van der Waals surface area (Å²) in [7, 11) is 0. The molecule has 3 aromatic rings. The number of H-pyrrole nitrogens is 1. The molecule has 0 aliphatic rings. The number of benzene rings is 2. The number of rotatable bonds is 5. The summed E-state index contributed by atoms with van der Waals surface area (Å²) in [4.78, 5) is 15.3. The van der Waals surface area contributed by atoms with Gasteiger partial charge in [0.1, 0.15) is 5.82 Å². The van der Waals surface area contributed by atoms with E-state index in [9.17, 15) is 14.3 Å². The lowest BCUT2D eigenvalue weighted by atomic mass is 10.1. The molecule has 1 atom stereocenters. The molecular formula is C19H19FN2O2. The average Bonchev–Trinajstić information content (AvgIpc) is 2.95. The van der Waals surface area contributed by atoms with Crippen molar-refractivity contribution in [3.63, 3.8) is 0 Å². The maximum atomic E-state index is 13.6. The number of aryl methyl sites for hydroxylation is 1. The van der Waals surface area contributed by atoms with E-state index in [1.165, 1.54) is 12.1 Å². The number of fused-ring (bicyclic) bond motifs is 1. The Labute approximate surface area is 139 Å². The number of halogens is 1. The molecule has 124 valence electrons. The summed E-state index contributed by atoms with van der Waals surface area (Å²) >= 11 is 0. The second-order valence-electron chi connectivity index (χ2n) is 5.88. The molecule has 1 aromatic heterocycles. The van der Waals surface area contributed by atoms with Crippen LogP contribution >= 0.6 is 0 Å². The lowest BCUT2D eigenvalue weighted by Crippen LogP contribution is -2.29. The molecular weight excluding hydrogens is 307 g/mol. The molecule has 0 bridgehead atoms. The minimum absolute atomic E-state index is 0.0266. The van der Waals surface area contributed by atoms with Crippen molar-refractivity contribution in [2.24, 2.45) is 0 Å². The number of aromatic amines is 1. The van der Waals surface area contributed by atoms with E-state index >= 15 is 0 Å². The van der Waals surface area contributed by atoms with E-state index in [0.29, 0.717) is 0 Å². The highest BCUT2D eigenvalue weighted by Crippen LogP contribution is 2.20. The zero-order chi connectivity index (χ0) is 17.1. The monoisotopic (exact) mass is 326 g/mol. The Hall–Kier alpha value is -2.66. The molecule has 0 saturated heterocycles. The Kier molecular flexibility index (Phi) is 4.62. The van der Waals surface area contributed by atoms with E-state index in [1.54, 1.807) is 12.1 Å². The number of nitrogens with one attached hydrogen (secondary N) is 2. The Morgan fingerprint density at radius 1 is 1.29 bits per heavy atom. The topological polar surface area (TPSA) is 65.1 Å². The molecule has 0 radical (unpaired) electrons. The van der Waals surface area contributed by atoms with Crippen molar-refractivity contribution in [2.45, 2.75) is 19.4 Å². The third kappa shape index (κ3) is 3.46. The van der Waals surface area contributed by atoms with E-state index in [0.717, 1.165) is 22.0 Å². The first kappa shape index (κ1) is 16.2. The van der Waals surface area contributed by atoms with Gasteiger partial charge in [-0.1, -0.05) is 30.3 Å². The fourth-order valence-electron chi connectivity index (χ4n) is 2.75. The van der Waals surface area contributed by atoms with Gasteiger partial charge in [0.25, 0.3) is 0 Å². The third-order valence-electron chi connectivity index (χ3n) is 4.03. The fraction of sp³-hybridized carbons (Fsp3) is 0.211. The Morgan fingerprint density at radius 2 is 2.08 bits per heavy atom. The van der Waals surface area contributed by atoms with Crippen LogP contribution in [0.1, 0.15) is 22.8 Å². The zero-order valence-electron chi connectivity index (χ0n) is 13.3. The first-order valence-electron chi connectivity index (χ1n) is 7.80. The largest absolute Gasteiger partial charge is 0.386 e. The maximum Gasteiger partial charge on any atom is 0.224 e. The number of carbonyl (C=O) groups is 1. The van der Waals surface area contributed by atoms with E-state index in [4.69, 9.17) is 0 Å². The molecule has 24 heavy (non-hydrogen) atoms. The molecule has 5 heteroatoms. The standard InChI is InChI=1S/C19H19FN2O2/c1-12-6-7-14-13(10-21-17(14)8-12)9-19(24)22-11-18(23)15-4-2-3-5-16(15)20/h2-8,10,18,21,23H,9,11H2,1H3,(H,22,24). The SMILES string of the molecule is Cc1ccc2c(CC(=O)NCC(O)c3ccccc3F)c[nH]c2c1. The summed E-state index contributed by atoms with van der Waals surface area (Å²) in [6.45, 7) is 1.98. The molecule has 1 unspecified atom stereocenters. The van der Waals surface area contributed by atoms with Crippen molar-refractivity contribution in [2.75, 3.05) is 6.54 Å². The van der Waals surface area contributed by atoms with Gasteiger partial charge < -0.3 is 15.4 Å². The van der Waals surface area contributed by atoms with Crippen molar-refractivity contribution in [1.29, 1.82) is 0 Å². The summed E-state index contributed by atoms with van der Waals surface area (Å²) < 4.78 is 13.6. The van der Waals surface area contributed by atoms with Crippen molar-refractivity contribution < 1.29 is 14.3 Å². The number of hydrogen-bond donors (Lipinski definition) is 3. The number of aromatic nitrogens is 1. The highest BCUT2D eigenvalue weighted by molar-refractivity contribution is 5.89. The molecule has 0 aliphatic carbocycles. The van der Waals surface area contributed by atoms with Gasteiger partial charge in [0.15, 0.2) is 0 Å². The highest BCUT2D eigenvalue weighted by Gasteiger charge is 2.14. The summed E-state index contributed by atoms with van der Waals surface area (Å²) in [5, 5.41) is 13.7. The van der Waals surface area contributed by atoms with E-state index in [1.807, 2.05) is 31.3 Å². The van der Waals surface area contributed by atoms with E-state index in [-0.39, 0.29) is 24.4 Å². The summed E-state index contributed by atoms with van der Waals surface area (Å²) in [6.07, 6.45) is 0.949. The predicted octanol–water partition coefficient (Wildman–Crippen LogP) is 3.01. The number of aliphatic hydroxyl groups is 1. The zero-order valence-corrected chi connectivity index (χ0v) is 13.3. The van der Waals surface area contributed by atoms with Gasteiger partial charge in [0, 0.05) is 29.2 Å². The number of hydrogen-bond acceptors (Lipinski definition) is 2. The van der Waals surface area contributed by atoms with Gasteiger partial charge in [-0.3, -0.25) is 4.79 Å². The van der Waals surface area contributed by atoms with Crippen LogP contribution in [-0.4, -0.2) is 22.5 Å². The van der Waals surface area contributed by atoms with Crippen LogP contribution < -0.4 is 5.32 Å². The van der Waals surface area contributed by atoms with Crippen LogP contribution in [0.15, 0.2) is 48.7 Å².